The molecule has 0 fully saturated rings. The highest BCUT2D eigenvalue weighted by atomic mass is 19.1. The van der Waals surface area contributed by atoms with Gasteiger partial charge in [-0.1, -0.05) is 0 Å². The number of aromatic nitrogens is 3. The number of ether oxygens (including phenoxy) is 1. The molecule has 0 bridgehead atoms. The van der Waals surface area contributed by atoms with Crippen LogP contribution in [0.2, 0.25) is 0 Å². The van der Waals surface area contributed by atoms with Crippen LogP contribution in [0, 0.1) is 5.82 Å². The summed E-state index contributed by atoms with van der Waals surface area (Å²) in [6.07, 6.45) is 5.05. The zero-order chi connectivity index (χ0) is 16.9. The summed E-state index contributed by atoms with van der Waals surface area (Å²) in [4.78, 5) is 16.9. The number of pyridine rings is 1. The van der Waals surface area contributed by atoms with Crippen molar-refractivity contribution in [3.05, 3.63) is 60.8 Å². The first kappa shape index (κ1) is 15.7. The molecule has 1 aromatic carbocycles. The molecule has 7 heteroatoms. The van der Waals surface area contributed by atoms with Gasteiger partial charge in [-0.3, -0.25) is 15.2 Å². The van der Waals surface area contributed by atoms with Crippen molar-refractivity contribution in [1.29, 1.82) is 0 Å². The van der Waals surface area contributed by atoms with E-state index >= 15 is 0 Å². The summed E-state index contributed by atoms with van der Waals surface area (Å²) in [6.45, 7) is -0.0395. The molecule has 3 aromatic rings. The van der Waals surface area contributed by atoms with Crippen molar-refractivity contribution in [2.75, 3.05) is 19.1 Å². The first-order valence-electron chi connectivity index (χ1n) is 7.24. The summed E-state index contributed by atoms with van der Waals surface area (Å²) >= 11 is 0. The van der Waals surface area contributed by atoms with Crippen molar-refractivity contribution in [3.8, 4) is 22.4 Å². The lowest BCUT2D eigenvalue weighted by Gasteiger charge is -2.11. The summed E-state index contributed by atoms with van der Waals surface area (Å²) in [5.41, 5.74) is 6.11. The minimum absolute atomic E-state index is 0.0395. The third-order valence-corrected chi connectivity index (χ3v) is 3.48. The van der Waals surface area contributed by atoms with Gasteiger partial charge in [0.05, 0.1) is 19.0 Å². The van der Waals surface area contributed by atoms with E-state index in [4.69, 9.17) is 0 Å². The molecule has 3 rings (SSSR count). The zero-order valence-corrected chi connectivity index (χ0v) is 12.9. The lowest BCUT2D eigenvalue weighted by Crippen LogP contribution is -2.25. The molecule has 2 aromatic heterocycles. The topological polar surface area (TPSA) is 69.0 Å². The average Bonchev–Trinajstić information content (AvgIpc) is 3.05. The Balaban J connectivity index is 2.05. The van der Waals surface area contributed by atoms with Crippen molar-refractivity contribution in [3.63, 3.8) is 0 Å². The van der Waals surface area contributed by atoms with Gasteiger partial charge in [-0.05, 0) is 42.0 Å². The molecule has 0 atom stereocenters. The third-order valence-electron chi connectivity index (χ3n) is 3.48. The van der Waals surface area contributed by atoms with E-state index in [1.54, 1.807) is 30.7 Å². The van der Waals surface area contributed by atoms with Crippen LogP contribution in [0.25, 0.3) is 22.4 Å². The van der Waals surface area contributed by atoms with Gasteiger partial charge in [0.25, 0.3) is 0 Å². The molecule has 0 unspecified atom stereocenters. The molecule has 1 N–H and O–H groups in total. The number of carbonyl (C=O) groups is 1. The molecule has 0 amide bonds. The van der Waals surface area contributed by atoms with Gasteiger partial charge in [-0.15, -0.1) is 0 Å². The fourth-order valence-electron chi connectivity index (χ4n) is 2.31. The van der Waals surface area contributed by atoms with E-state index in [0.717, 1.165) is 16.7 Å². The van der Waals surface area contributed by atoms with E-state index in [9.17, 15) is 9.18 Å². The molecule has 2 heterocycles. The number of halogens is 1. The molecular formula is C17H15FN4O2. The second-order valence-electron chi connectivity index (χ2n) is 4.97. The first-order valence-corrected chi connectivity index (χ1v) is 7.24. The highest BCUT2D eigenvalue weighted by molar-refractivity contribution is 5.81. The number of methoxy groups -OCH3 is 1. The van der Waals surface area contributed by atoms with Crippen molar-refractivity contribution in [2.45, 2.75) is 0 Å². The monoisotopic (exact) mass is 326 g/mol. The van der Waals surface area contributed by atoms with Gasteiger partial charge < -0.3 is 4.74 Å². The van der Waals surface area contributed by atoms with Crippen LogP contribution >= 0.6 is 0 Å². The molecule has 0 aliphatic carbocycles. The number of rotatable bonds is 5. The molecule has 0 aliphatic rings. The summed E-state index contributed by atoms with van der Waals surface area (Å²) < 4.78 is 17.9. The van der Waals surface area contributed by atoms with Crippen molar-refractivity contribution >= 4 is 5.97 Å². The second kappa shape index (κ2) is 6.91. The molecule has 24 heavy (non-hydrogen) atoms. The third kappa shape index (κ3) is 3.24. The van der Waals surface area contributed by atoms with E-state index in [0.29, 0.717) is 5.69 Å². The Labute approximate surface area is 137 Å². The highest BCUT2D eigenvalue weighted by Gasteiger charge is 2.15. The predicted molar refractivity (Wildman–Crippen MR) is 87.1 cm³/mol. The molecule has 0 saturated heterocycles. The minimum atomic E-state index is -0.416. The number of esters is 1. The van der Waals surface area contributed by atoms with Crippen LogP contribution in [0.3, 0.4) is 0 Å². The van der Waals surface area contributed by atoms with Crippen LogP contribution in [0.15, 0.2) is 55.0 Å². The molecule has 0 radical (unpaired) electrons. The average molecular weight is 326 g/mol. The van der Waals surface area contributed by atoms with Crippen molar-refractivity contribution < 1.29 is 13.9 Å². The number of nitrogens with zero attached hydrogens (tertiary/aromatic N) is 3. The smallest absolute Gasteiger partial charge is 0.326 e. The Kier molecular flexibility index (Phi) is 4.51. The van der Waals surface area contributed by atoms with Gasteiger partial charge in [0.2, 0.25) is 0 Å². The normalized spacial score (nSPS) is 10.4. The fourth-order valence-corrected chi connectivity index (χ4v) is 2.31. The summed E-state index contributed by atoms with van der Waals surface area (Å²) in [7, 11) is 1.32. The van der Waals surface area contributed by atoms with Gasteiger partial charge >= 0.3 is 5.97 Å². The maximum Gasteiger partial charge on any atom is 0.326 e. The van der Waals surface area contributed by atoms with Crippen molar-refractivity contribution in [2.24, 2.45) is 0 Å². The molecule has 0 spiro atoms. The standard InChI is InChI=1S/C17H15FN4O2/c1-24-16(23)11-21-22-17(13-2-4-14(18)5-3-13)15(10-20-22)12-6-8-19-9-7-12/h2-10,21H,11H2,1H3. The Bertz CT molecular complexity index is 832. The van der Waals surface area contributed by atoms with Gasteiger partial charge in [-0.25, -0.2) is 4.39 Å². The van der Waals surface area contributed by atoms with Crippen LogP contribution < -0.4 is 5.43 Å². The largest absolute Gasteiger partial charge is 0.468 e. The molecule has 0 saturated carbocycles. The number of nitrogens with one attached hydrogen (secondary N) is 1. The quantitative estimate of drug-likeness (QED) is 0.730. The van der Waals surface area contributed by atoms with Crippen LogP contribution in [-0.2, 0) is 9.53 Å². The zero-order valence-electron chi connectivity index (χ0n) is 12.9. The van der Waals surface area contributed by atoms with Gasteiger partial charge in [0, 0.05) is 23.5 Å². The van der Waals surface area contributed by atoms with Gasteiger partial charge in [0.1, 0.15) is 12.4 Å². The Morgan fingerprint density at radius 3 is 2.54 bits per heavy atom. The number of hydrogen-bond acceptors (Lipinski definition) is 5. The van der Waals surface area contributed by atoms with E-state index in [1.165, 1.54) is 24.0 Å². The first-order chi connectivity index (χ1) is 11.7. The number of carbonyl (C=O) groups excluding carboxylic acids is 1. The van der Waals surface area contributed by atoms with Crippen LogP contribution in [0.4, 0.5) is 4.39 Å². The Morgan fingerprint density at radius 1 is 1.17 bits per heavy atom. The van der Waals surface area contributed by atoms with Crippen LogP contribution in [0.5, 0.6) is 0 Å². The number of hydrogen-bond donors (Lipinski definition) is 1. The van der Waals surface area contributed by atoms with E-state index in [-0.39, 0.29) is 12.4 Å². The Morgan fingerprint density at radius 2 is 1.88 bits per heavy atom. The van der Waals surface area contributed by atoms with Gasteiger partial charge in [0.15, 0.2) is 0 Å². The summed E-state index contributed by atoms with van der Waals surface area (Å²) in [5, 5.41) is 4.28. The molecule has 0 aliphatic heterocycles. The van der Waals surface area contributed by atoms with E-state index in [2.05, 4.69) is 20.2 Å². The molecule has 6 nitrogen and oxygen atoms in total. The Hall–Kier alpha value is -3.22. The maximum absolute atomic E-state index is 13.2. The second-order valence-corrected chi connectivity index (χ2v) is 4.97. The molecule has 122 valence electrons. The van der Waals surface area contributed by atoms with Crippen LogP contribution in [0.1, 0.15) is 0 Å². The lowest BCUT2D eigenvalue weighted by atomic mass is 10.0. The lowest BCUT2D eigenvalue weighted by molar-refractivity contribution is -0.138. The molecular weight excluding hydrogens is 311 g/mol. The fraction of sp³-hybridized carbons (Fsp3) is 0.118. The highest BCUT2D eigenvalue weighted by Crippen LogP contribution is 2.31. The summed E-state index contributed by atoms with van der Waals surface area (Å²) in [6, 6.07) is 9.79. The SMILES string of the molecule is COC(=O)CNn1ncc(-c2ccncc2)c1-c1ccc(F)cc1. The maximum atomic E-state index is 13.2. The van der Waals surface area contributed by atoms with Crippen molar-refractivity contribution in [1.82, 2.24) is 14.9 Å². The summed E-state index contributed by atoms with van der Waals surface area (Å²) in [5.74, 6) is -0.737. The van der Waals surface area contributed by atoms with Crippen LogP contribution in [-0.4, -0.2) is 34.5 Å². The predicted octanol–water partition coefficient (Wildman–Crippen LogP) is 2.47. The van der Waals surface area contributed by atoms with Gasteiger partial charge in [-0.2, -0.15) is 9.89 Å². The van der Waals surface area contributed by atoms with E-state index in [1.807, 2.05) is 12.1 Å². The minimum Gasteiger partial charge on any atom is -0.468 e. The van der Waals surface area contributed by atoms with E-state index < -0.39 is 5.97 Å². The number of benzene rings is 1.